The molecule has 20 heavy (non-hydrogen) atoms. The van der Waals surface area contributed by atoms with E-state index in [1.807, 2.05) is 0 Å². The molecule has 1 fully saturated rings. The molecule has 0 radical (unpaired) electrons. The van der Waals surface area contributed by atoms with Crippen LogP contribution in [-0.2, 0) is 14.3 Å². The average Bonchev–Trinajstić information content (AvgIpc) is 2.19. The van der Waals surface area contributed by atoms with Gasteiger partial charge >= 0.3 is 12.0 Å². The van der Waals surface area contributed by atoms with Crippen molar-refractivity contribution in [2.24, 2.45) is 5.41 Å². The van der Waals surface area contributed by atoms with Crippen molar-refractivity contribution in [2.45, 2.75) is 51.7 Å². The molecule has 7 nitrogen and oxygen atoms in total. The summed E-state index contributed by atoms with van der Waals surface area (Å²) in [5.74, 6) is -1.44. The number of imide groups is 1. The summed E-state index contributed by atoms with van der Waals surface area (Å²) < 4.78 is 5.09. The summed E-state index contributed by atoms with van der Waals surface area (Å²) in [4.78, 5) is 33.9. The predicted molar refractivity (Wildman–Crippen MR) is 71.1 cm³/mol. The molecule has 0 aromatic rings. The van der Waals surface area contributed by atoms with E-state index in [1.54, 1.807) is 21.0 Å². The maximum Gasteiger partial charge on any atom is 0.321 e. The van der Waals surface area contributed by atoms with E-state index in [2.05, 4.69) is 10.6 Å². The third kappa shape index (κ3) is 5.56. The fourth-order valence-corrected chi connectivity index (χ4v) is 2.17. The molecule has 0 spiro atoms. The largest absolute Gasteiger partial charge is 0.481 e. The Kier molecular flexibility index (Phi) is 5.50. The highest BCUT2D eigenvalue weighted by Gasteiger charge is 2.31. The number of hydrogen-bond donors (Lipinski definition) is 3. The second-order valence-electron chi connectivity index (χ2n) is 5.96. The Balaban J connectivity index is 2.28. The molecule has 1 saturated carbocycles. The Morgan fingerprint density at radius 1 is 1.25 bits per heavy atom. The van der Waals surface area contributed by atoms with Crippen molar-refractivity contribution in [2.75, 3.05) is 7.11 Å². The highest BCUT2D eigenvalue weighted by atomic mass is 16.5. The van der Waals surface area contributed by atoms with E-state index in [1.165, 1.54) is 0 Å². The molecule has 7 heteroatoms. The first kappa shape index (κ1) is 16.4. The van der Waals surface area contributed by atoms with E-state index in [0.717, 1.165) is 12.8 Å². The quantitative estimate of drug-likeness (QED) is 0.672. The highest BCUT2D eigenvalue weighted by Crippen LogP contribution is 2.25. The van der Waals surface area contributed by atoms with E-state index < -0.39 is 23.3 Å². The number of carbonyl (C=O) groups is 3. The van der Waals surface area contributed by atoms with Gasteiger partial charge in [-0.3, -0.25) is 14.9 Å². The van der Waals surface area contributed by atoms with E-state index in [-0.39, 0.29) is 25.0 Å². The molecule has 0 aromatic heterocycles. The van der Waals surface area contributed by atoms with E-state index >= 15 is 0 Å². The van der Waals surface area contributed by atoms with Crippen LogP contribution in [0.5, 0.6) is 0 Å². The molecule has 1 aliphatic carbocycles. The van der Waals surface area contributed by atoms with Gasteiger partial charge in [-0.25, -0.2) is 4.79 Å². The summed E-state index contributed by atoms with van der Waals surface area (Å²) >= 11 is 0. The molecule has 0 heterocycles. The van der Waals surface area contributed by atoms with Gasteiger partial charge in [0.05, 0.1) is 12.5 Å². The standard InChI is InChI=1S/C13H22N2O5/c1-13(2,7-11(17)18)6-10(16)15-12(19)14-8-4-9(5-8)20-3/h8-9H,4-7H2,1-3H3,(H,17,18)(H2,14,15,16,19). The van der Waals surface area contributed by atoms with Crippen molar-refractivity contribution < 1.29 is 24.2 Å². The minimum atomic E-state index is -0.965. The molecule has 0 saturated heterocycles. The number of methoxy groups -OCH3 is 1. The summed E-state index contributed by atoms with van der Waals surface area (Å²) in [7, 11) is 1.62. The molecule has 0 atom stereocenters. The van der Waals surface area contributed by atoms with E-state index in [0.29, 0.717) is 0 Å². The molecule has 0 aliphatic heterocycles. The van der Waals surface area contributed by atoms with Gasteiger partial charge < -0.3 is 15.2 Å². The first-order chi connectivity index (χ1) is 9.21. The zero-order chi connectivity index (χ0) is 15.3. The molecule has 3 N–H and O–H groups in total. The third-order valence-corrected chi connectivity index (χ3v) is 3.29. The van der Waals surface area contributed by atoms with Crippen LogP contribution in [0.25, 0.3) is 0 Å². The van der Waals surface area contributed by atoms with Gasteiger partial charge in [0.25, 0.3) is 0 Å². The number of rotatable bonds is 6. The first-order valence-electron chi connectivity index (χ1n) is 6.57. The van der Waals surface area contributed by atoms with Crippen LogP contribution in [-0.4, -0.2) is 42.3 Å². The van der Waals surface area contributed by atoms with Gasteiger partial charge in [-0.1, -0.05) is 13.8 Å². The fourth-order valence-electron chi connectivity index (χ4n) is 2.17. The Labute approximate surface area is 118 Å². The SMILES string of the molecule is COC1CC(NC(=O)NC(=O)CC(C)(C)CC(=O)O)C1. The predicted octanol–water partition coefficient (Wildman–Crippen LogP) is 0.881. The molecule has 0 unspecified atom stereocenters. The van der Waals surface area contributed by atoms with Gasteiger partial charge in [-0.05, 0) is 18.3 Å². The molecule has 0 aromatic carbocycles. The number of aliphatic carboxylic acids is 1. The summed E-state index contributed by atoms with van der Waals surface area (Å²) in [6.45, 7) is 3.35. The van der Waals surface area contributed by atoms with Crippen molar-refractivity contribution in [1.82, 2.24) is 10.6 Å². The number of carboxylic acid groups (broad SMARTS) is 1. The molecule has 114 valence electrons. The number of urea groups is 1. The van der Waals surface area contributed by atoms with Gasteiger partial charge in [0.2, 0.25) is 5.91 Å². The van der Waals surface area contributed by atoms with E-state index in [4.69, 9.17) is 9.84 Å². The van der Waals surface area contributed by atoms with Gasteiger partial charge in [0.15, 0.2) is 0 Å². The summed E-state index contributed by atoms with van der Waals surface area (Å²) in [6.07, 6.45) is 1.51. The van der Waals surface area contributed by atoms with Crippen LogP contribution >= 0.6 is 0 Å². The molecule has 3 amide bonds. The summed E-state index contributed by atoms with van der Waals surface area (Å²) in [5, 5.41) is 13.6. The minimum absolute atomic E-state index is 0.0158. The second kappa shape index (κ2) is 6.69. The number of carbonyl (C=O) groups excluding carboxylic acids is 2. The Bertz CT molecular complexity index is 388. The van der Waals surface area contributed by atoms with Crippen LogP contribution in [0.15, 0.2) is 0 Å². The Morgan fingerprint density at radius 3 is 2.35 bits per heavy atom. The summed E-state index contributed by atoms with van der Waals surface area (Å²) in [5.41, 5.74) is -0.687. The normalized spacial score (nSPS) is 21.8. The lowest BCUT2D eigenvalue weighted by Crippen LogP contribution is -2.52. The van der Waals surface area contributed by atoms with Crippen molar-refractivity contribution in [1.29, 1.82) is 0 Å². The van der Waals surface area contributed by atoms with Crippen LogP contribution < -0.4 is 10.6 Å². The van der Waals surface area contributed by atoms with Gasteiger partial charge in [0, 0.05) is 19.6 Å². The van der Waals surface area contributed by atoms with Crippen molar-refractivity contribution >= 4 is 17.9 Å². The lowest BCUT2D eigenvalue weighted by atomic mass is 9.85. The van der Waals surface area contributed by atoms with Crippen molar-refractivity contribution in [3.05, 3.63) is 0 Å². The average molecular weight is 286 g/mol. The number of amides is 3. The maximum atomic E-state index is 11.7. The summed E-state index contributed by atoms with van der Waals surface area (Å²) in [6, 6.07) is -0.513. The smallest absolute Gasteiger partial charge is 0.321 e. The van der Waals surface area contributed by atoms with Crippen LogP contribution in [0.4, 0.5) is 4.79 Å². The maximum absolute atomic E-state index is 11.7. The Morgan fingerprint density at radius 2 is 1.85 bits per heavy atom. The topological polar surface area (TPSA) is 105 Å². The number of carboxylic acids is 1. The first-order valence-corrected chi connectivity index (χ1v) is 6.57. The zero-order valence-electron chi connectivity index (χ0n) is 12.1. The third-order valence-electron chi connectivity index (χ3n) is 3.29. The fraction of sp³-hybridized carbons (Fsp3) is 0.769. The van der Waals surface area contributed by atoms with Crippen LogP contribution in [0.2, 0.25) is 0 Å². The van der Waals surface area contributed by atoms with Crippen LogP contribution in [0.1, 0.15) is 39.5 Å². The van der Waals surface area contributed by atoms with Gasteiger partial charge in [-0.2, -0.15) is 0 Å². The van der Waals surface area contributed by atoms with Gasteiger partial charge in [-0.15, -0.1) is 0 Å². The minimum Gasteiger partial charge on any atom is -0.481 e. The molecule has 1 rings (SSSR count). The zero-order valence-corrected chi connectivity index (χ0v) is 12.1. The number of nitrogens with one attached hydrogen (secondary N) is 2. The monoisotopic (exact) mass is 286 g/mol. The Hall–Kier alpha value is -1.63. The molecular weight excluding hydrogens is 264 g/mol. The van der Waals surface area contributed by atoms with Crippen molar-refractivity contribution in [3.63, 3.8) is 0 Å². The lowest BCUT2D eigenvalue weighted by Gasteiger charge is -2.34. The molecular formula is C13H22N2O5. The van der Waals surface area contributed by atoms with Crippen LogP contribution in [0, 0.1) is 5.41 Å². The van der Waals surface area contributed by atoms with Gasteiger partial charge in [0.1, 0.15) is 0 Å². The van der Waals surface area contributed by atoms with Crippen molar-refractivity contribution in [3.8, 4) is 0 Å². The number of hydrogen-bond acceptors (Lipinski definition) is 4. The van der Waals surface area contributed by atoms with Crippen LogP contribution in [0.3, 0.4) is 0 Å². The van der Waals surface area contributed by atoms with E-state index in [9.17, 15) is 14.4 Å². The highest BCUT2D eigenvalue weighted by molar-refractivity contribution is 5.94. The second-order valence-corrected chi connectivity index (χ2v) is 5.96. The molecule has 0 bridgehead atoms. The lowest BCUT2D eigenvalue weighted by molar-refractivity contribution is -0.139. The molecule has 1 aliphatic rings. The number of ether oxygens (including phenoxy) is 1.